The lowest BCUT2D eigenvalue weighted by Gasteiger charge is -2.16. The maximum atomic E-state index is 11.5. The molecule has 8 nitrogen and oxygen atoms in total. The van der Waals surface area contributed by atoms with E-state index < -0.39 is 0 Å². The van der Waals surface area contributed by atoms with Crippen LogP contribution in [0.4, 0.5) is 0 Å². The zero-order valence-electron chi connectivity index (χ0n) is 23.7. The van der Waals surface area contributed by atoms with Crippen molar-refractivity contribution in [3.63, 3.8) is 0 Å². The number of aromatic nitrogens is 2. The van der Waals surface area contributed by atoms with Gasteiger partial charge in [0, 0.05) is 71.2 Å². The van der Waals surface area contributed by atoms with Crippen LogP contribution in [0.25, 0.3) is 33.6 Å². The summed E-state index contributed by atoms with van der Waals surface area (Å²) in [4.78, 5) is 20.8. The minimum absolute atomic E-state index is 0.102. The molecule has 0 radical (unpaired) electrons. The van der Waals surface area contributed by atoms with Crippen molar-refractivity contribution in [3.8, 4) is 45.3 Å². The van der Waals surface area contributed by atoms with Gasteiger partial charge in [0.05, 0.1) is 35.7 Å². The number of hydrogen-bond donors (Lipinski definition) is 3. The third kappa shape index (κ3) is 6.22. The van der Waals surface area contributed by atoms with Gasteiger partial charge in [-0.25, -0.2) is 4.98 Å². The fourth-order valence-electron chi connectivity index (χ4n) is 5.17. The van der Waals surface area contributed by atoms with Crippen molar-refractivity contribution >= 4 is 29.1 Å². The number of nitrogens with two attached hydrogens (primary N) is 1. The summed E-state index contributed by atoms with van der Waals surface area (Å²) in [6, 6.07) is 17.2. The van der Waals surface area contributed by atoms with Crippen LogP contribution < -0.4 is 25.8 Å². The standard InChI is InChI=1S/C32H33Cl2N5O3/c1-18(35)22-10-7-19(15-27(22)41-2)31-30(34)24(13-14-37-31)23-5-4-6-25(29(23)33)26-11-8-20(32(39-26)42-3)16-36-17-21-9-12-28(40)38-21/h4-8,10-11,13-15,18,21,36H,9,12,16-17,35H2,1-3H3,(H,38,40)/t18-,21-/m1/s1. The van der Waals surface area contributed by atoms with Gasteiger partial charge in [0.15, 0.2) is 0 Å². The van der Waals surface area contributed by atoms with Crippen LogP contribution >= 0.6 is 23.2 Å². The van der Waals surface area contributed by atoms with Gasteiger partial charge in [-0.1, -0.05) is 59.6 Å². The van der Waals surface area contributed by atoms with Crippen LogP contribution in [0.15, 0.2) is 60.8 Å². The smallest absolute Gasteiger partial charge is 0.220 e. The molecule has 2 aromatic heterocycles. The van der Waals surface area contributed by atoms with E-state index in [9.17, 15) is 4.79 Å². The van der Waals surface area contributed by atoms with E-state index in [0.29, 0.717) is 52.6 Å². The third-order valence-corrected chi connectivity index (χ3v) is 8.16. The molecule has 1 amide bonds. The molecule has 1 aliphatic heterocycles. The molecule has 0 spiro atoms. The summed E-state index contributed by atoms with van der Waals surface area (Å²) in [6.07, 6.45) is 3.13. The zero-order valence-corrected chi connectivity index (χ0v) is 25.2. The Bertz CT molecular complexity index is 1610. The first-order chi connectivity index (χ1) is 20.3. The summed E-state index contributed by atoms with van der Waals surface area (Å²) in [5.74, 6) is 1.28. The van der Waals surface area contributed by atoms with E-state index in [-0.39, 0.29) is 18.0 Å². The highest BCUT2D eigenvalue weighted by atomic mass is 35.5. The van der Waals surface area contributed by atoms with Crippen LogP contribution in [0.1, 0.15) is 36.9 Å². The van der Waals surface area contributed by atoms with Gasteiger partial charge in [-0.3, -0.25) is 9.78 Å². The normalized spacial score (nSPS) is 15.4. The lowest BCUT2D eigenvalue weighted by molar-refractivity contribution is -0.119. The Kier molecular flexibility index (Phi) is 9.28. The molecule has 1 fully saturated rings. The Balaban J connectivity index is 1.43. The first kappa shape index (κ1) is 29.8. The summed E-state index contributed by atoms with van der Waals surface area (Å²) in [7, 11) is 3.21. The molecule has 1 aliphatic rings. The molecule has 2 atom stereocenters. The zero-order chi connectivity index (χ0) is 29.8. The van der Waals surface area contributed by atoms with Crippen molar-refractivity contribution < 1.29 is 14.3 Å². The number of carbonyl (C=O) groups is 1. The first-order valence-electron chi connectivity index (χ1n) is 13.7. The molecule has 0 unspecified atom stereocenters. The minimum atomic E-state index is -0.177. The largest absolute Gasteiger partial charge is 0.496 e. The number of rotatable bonds is 10. The topological polar surface area (TPSA) is 111 Å². The third-order valence-electron chi connectivity index (χ3n) is 7.38. The SMILES string of the molecule is COc1cc(-c2nccc(-c3cccc(-c4ccc(CNC[C@H]5CCC(=O)N5)c(OC)n4)c3Cl)c2Cl)ccc1[C@@H](C)N. The average molecular weight is 607 g/mol. The van der Waals surface area contributed by atoms with Gasteiger partial charge in [-0.05, 0) is 31.5 Å². The number of benzene rings is 2. The second kappa shape index (κ2) is 13.1. The molecule has 0 saturated carbocycles. The Morgan fingerprint density at radius 3 is 2.55 bits per heavy atom. The van der Waals surface area contributed by atoms with Gasteiger partial charge >= 0.3 is 0 Å². The number of ether oxygens (including phenoxy) is 2. The van der Waals surface area contributed by atoms with Crippen molar-refractivity contribution in [2.75, 3.05) is 20.8 Å². The van der Waals surface area contributed by atoms with E-state index >= 15 is 0 Å². The number of amides is 1. The van der Waals surface area contributed by atoms with Crippen LogP contribution in [-0.2, 0) is 11.3 Å². The van der Waals surface area contributed by atoms with Gasteiger partial charge in [-0.2, -0.15) is 0 Å². The number of methoxy groups -OCH3 is 2. The van der Waals surface area contributed by atoms with Crippen molar-refractivity contribution in [3.05, 3.63) is 82.0 Å². The fourth-order valence-corrected chi connectivity index (χ4v) is 5.81. The quantitative estimate of drug-likeness (QED) is 0.197. The van der Waals surface area contributed by atoms with E-state index in [1.54, 1.807) is 20.4 Å². The summed E-state index contributed by atoms with van der Waals surface area (Å²) in [5, 5.41) is 7.33. The predicted octanol–water partition coefficient (Wildman–Crippen LogP) is 6.19. The summed E-state index contributed by atoms with van der Waals surface area (Å²) in [6.45, 7) is 3.15. The second-order valence-corrected chi connectivity index (χ2v) is 11.0. The Morgan fingerprint density at radius 1 is 1.05 bits per heavy atom. The van der Waals surface area contributed by atoms with E-state index in [1.807, 2.05) is 61.5 Å². The van der Waals surface area contributed by atoms with Crippen molar-refractivity contribution in [1.82, 2.24) is 20.6 Å². The number of hydrogen-bond acceptors (Lipinski definition) is 7. The first-order valence-corrected chi connectivity index (χ1v) is 14.5. The van der Waals surface area contributed by atoms with E-state index in [1.165, 1.54) is 0 Å². The molecule has 10 heteroatoms. The summed E-state index contributed by atoms with van der Waals surface area (Å²) < 4.78 is 11.2. The number of nitrogens with one attached hydrogen (secondary N) is 2. The van der Waals surface area contributed by atoms with Gasteiger partial charge in [-0.15, -0.1) is 0 Å². The van der Waals surface area contributed by atoms with Gasteiger partial charge in [0.25, 0.3) is 0 Å². The maximum Gasteiger partial charge on any atom is 0.220 e. The molecule has 0 bridgehead atoms. The predicted molar refractivity (Wildman–Crippen MR) is 167 cm³/mol. The van der Waals surface area contributed by atoms with Crippen LogP contribution in [0, 0.1) is 0 Å². The average Bonchev–Trinajstić information content (AvgIpc) is 3.42. The molecule has 5 rings (SSSR count). The molecular formula is C32H33Cl2N5O3. The molecule has 4 N–H and O–H groups in total. The number of halogens is 2. The van der Waals surface area contributed by atoms with Crippen molar-refractivity contribution in [2.24, 2.45) is 5.73 Å². The van der Waals surface area contributed by atoms with Crippen LogP contribution in [0.2, 0.25) is 10.0 Å². The molecule has 3 heterocycles. The van der Waals surface area contributed by atoms with E-state index in [0.717, 1.165) is 39.8 Å². The number of pyridine rings is 2. The Hall–Kier alpha value is -3.69. The minimum Gasteiger partial charge on any atom is -0.496 e. The van der Waals surface area contributed by atoms with Crippen molar-refractivity contribution in [1.29, 1.82) is 0 Å². The van der Waals surface area contributed by atoms with Gasteiger partial charge < -0.3 is 25.8 Å². The highest BCUT2D eigenvalue weighted by Gasteiger charge is 2.21. The van der Waals surface area contributed by atoms with Crippen LogP contribution in [0.3, 0.4) is 0 Å². The van der Waals surface area contributed by atoms with E-state index in [4.69, 9.17) is 43.4 Å². The maximum absolute atomic E-state index is 11.5. The van der Waals surface area contributed by atoms with Gasteiger partial charge in [0.2, 0.25) is 11.8 Å². The molecule has 2 aromatic carbocycles. The van der Waals surface area contributed by atoms with Crippen LogP contribution in [0.5, 0.6) is 11.6 Å². The fraction of sp³-hybridized carbons (Fsp3) is 0.281. The highest BCUT2D eigenvalue weighted by molar-refractivity contribution is 6.39. The molecular weight excluding hydrogens is 573 g/mol. The Morgan fingerprint density at radius 2 is 1.83 bits per heavy atom. The molecule has 4 aromatic rings. The summed E-state index contributed by atoms with van der Waals surface area (Å²) >= 11 is 14.0. The highest BCUT2D eigenvalue weighted by Crippen LogP contribution is 2.42. The molecule has 218 valence electrons. The second-order valence-electron chi connectivity index (χ2n) is 10.2. The number of carbonyl (C=O) groups excluding carboxylic acids is 1. The summed E-state index contributed by atoms with van der Waals surface area (Å²) in [5.41, 5.74) is 12.2. The Labute approximate surface area is 255 Å². The lowest BCUT2D eigenvalue weighted by Crippen LogP contribution is -2.35. The van der Waals surface area contributed by atoms with Crippen molar-refractivity contribution in [2.45, 2.75) is 38.4 Å². The molecule has 1 saturated heterocycles. The molecule has 0 aliphatic carbocycles. The number of nitrogens with zero attached hydrogens (tertiary/aromatic N) is 2. The molecule has 42 heavy (non-hydrogen) atoms. The van der Waals surface area contributed by atoms with Crippen LogP contribution in [-0.4, -0.2) is 42.7 Å². The van der Waals surface area contributed by atoms with E-state index in [2.05, 4.69) is 15.6 Å². The van der Waals surface area contributed by atoms with Gasteiger partial charge in [0.1, 0.15) is 5.75 Å². The lowest BCUT2D eigenvalue weighted by atomic mass is 9.98. The monoisotopic (exact) mass is 605 g/mol.